The van der Waals surface area contributed by atoms with Crippen LogP contribution in [0.2, 0.25) is 0 Å². The van der Waals surface area contributed by atoms with Crippen LogP contribution in [0.4, 0.5) is 5.69 Å². The van der Waals surface area contributed by atoms with Crippen molar-refractivity contribution < 1.29 is 14.0 Å². The maximum absolute atomic E-state index is 12.6. The molecule has 4 heterocycles. The first-order valence-electron chi connectivity index (χ1n) is 7.79. The Balaban J connectivity index is 1.61. The van der Waals surface area contributed by atoms with E-state index in [9.17, 15) is 9.59 Å². The summed E-state index contributed by atoms with van der Waals surface area (Å²) in [6.07, 6.45) is 8.49. The third-order valence-electron chi connectivity index (χ3n) is 4.76. The standard InChI is InChI=1S/C16H18N4O3/c1-18-9-12(8-17-18)20-14-4-6-19(13(14)2-3-15(20)21)16(22)11-5-7-23-10-11/h5,7-10,13-14H,2-4,6H2,1H3/t13-,14-/m1/s1. The van der Waals surface area contributed by atoms with Gasteiger partial charge in [0, 0.05) is 26.2 Å². The van der Waals surface area contributed by atoms with E-state index in [1.807, 2.05) is 23.0 Å². The smallest absolute Gasteiger partial charge is 0.257 e. The first-order chi connectivity index (χ1) is 11.1. The summed E-state index contributed by atoms with van der Waals surface area (Å²) in [5.74, 6) is 0.0867. The molecular formula is C16H18N4O3. The van der Waals surface area contributed by atoms with Gasteiger partial charge in [-0.15, -0.1) is 0 Å². The molecule has 2 saturated heterocycles. The molecule has 0 bridgehead atoms. The summed E-state index contributed by atoms with van der Waals surface area (Å²) in [4.78, 5) is 28.8. The Morgan fingerprint density at radius 1 is 1.35 bits per heavy atom. The third-order valence-corrected chi connectivity index (χ3v) is 4.76. The Hall–Kier alpha value is -2.57. The molecule has 7 heteroatoms. The van der Waals surface area contributed by atoms with E-state index in [4.69, 9.17) is 4.42 Å². The number of anilines is 1. The Labute approximate surface area is 133 Å². The van der Waals surface area contributed by atoms with Crippen LogP contribution in [0.15, 0.2) is 35.4 Å². The number of piperidine rings is 1. The number of carbonyl (C=O) groups excluding carboxylic acids is 2. The Kier molecular flexibility index (Phi) is 3.21. The van der Waals surface area contributed by atoms with Gasteiger partial charge in [-0.1, -0.05) is 0 Å². The zero-order valence-electron chi connectivity index (χ0n) is 12.9. The lowest BCUT2D eigenvalue weighted by Gasteiger charge is -2.38. The van der Waals surface area contributed by atoms with Gasteiger partial charge in [0.25, 0.3) is 5.91 Å². The van der Waals surface area contributed by atoms with Gasteiger partial charge in [-0.25, -0.2) is 0 Å². The van der Waals surface area contributed by atoms with E-state index in [2.05, 4.69) is 5.10 Å². The fourth-order valence-electron chi connectivity index (χ4n) is 3.74. The monoisotopic (exact) mass is 314 g/mol. The molecule has 2 aliphatic heterocycles. The van der Waals surface area contributed by atoms with Crippen molar-refractivity contribution >= 4 is 17.5 Å². The summed E-state index contributed by atoms with van der Waals surface area (Å²) in [6, 6.07) is 1.76. The summed E-state index contributed by atoms with van der Waals surface area (Å²) >= 11 is 0. The molecule has 2 aliphatic rings. The lowest BCUT2D eigenvalue weighted by molar-refractivity contribution is -0.120. The zero-order valence-corrected chi connectivity index (χ0v) is 12.9. The number of fused-ring (bicyclic) bond motifs is 1. The summed E-state index contributed by atoms with van der Waals surface area (Å²) in [7, 11) is 1.83. The number of aryl methyl sites for hydroxylation is 1. The van der Waals surface area contributed by atoms with Crippen molar-refractivity contribution in [2.24, 2.45) is 7.05 Å². The zero-order chi connectivity index (χ0) is 16.0. The minimum Gasteiger partial charge on any atom is -0.472 e. The van der Waals surface area contributed by atoms with E-state index in [0.29, 0.717) is 24.9 Å². The van der Waals surface area contributed by atoms with Crippen LogP contribution >= 0.6 is 0 Å². The first kappa shape index (κ1) is 14.0. The highest BCUT2D eigenvalue weighted by molar-refractivity contribution is 5.97. The molecule has 0 aliphatic carbocycles. The number of carbonyl (C=O) groups is 2. The molecule has 7 nitrogen and oxygen atoms in total. The van der Waals surface area contributed by atoms with E-state index in [1.54, 1.807) is 16.9 Å². The summed E-state index contributed by atoms with van der Waals surface area (Å²) < 4.78 is 6.71. The SMILES string of the molecule is Cn1cc(N2C(=O)CC[C@@H]3[C@H]2CCN3C(=O)c2ccoc2)cn1. The van der Waals surface area contributed by atoms with Crippen LogP contribution in [0.5, 0.6) is 0 Å². The van der Waals surface area contributed by atoms with Crippen molar-refractivity contribution in [1.82, 2.24) is 14.7 Å². The van der Waals surface area contributed by atoms with Crippen LogP contribution in [0.3, 0.4) is 0 Å². The first-order valence-corrected chi connectivity index (χ1v) is 7.79. The second kappa shape index (κ2) is 5.26. The summed E-state index contributed by atoms with van der Waals surface area (Å²) in [6.45, 7) is 0.656. The second-order valence-corrected chi connectivity index (χ2v) is 6.11. The predicted octanol–water partition coefficient (Wildman–Crippen LogP) is 1.42. The van der Waals surface area contributed by atoms with Gasteiger partial charge in [0.1, 0.15) is 6.26 Å². The Morgan fingerprint density at radius 3 is 2.91 bits per heavy atom. The predicted molar refractivity (Wildman–Crippen MR) is 81.9 cm³/mol. The molecule has 2 atom stereocenters. The number of nitrogens with zero attached hydrogens (tertiary/aromatic N) is 4. The molecule has 0 radical (unpaired) electrons. The molecule has 0 N–H and O–H groups in total. The van der Waals surface area contributed by atoms with Gasteiger partial charge in [-0.05, 0) is 18.9 Å². The van der Waals surface area contributed by atoms with Crippen LogP contribution < -0.4 is 4.90 Å². The number of aromatic nitrogens is 2. The van der Waals surface area contributed by atoms with Gasteiger partial charge < -0.3 is 14.2 Å². The summed E-state index contributed by atoms with van der Waals surface area (Å²) in [5, 5.41) is 4.17. The van der Waals surface area contributed by atoms with Crippen LogP contribution in [-0.4, -0.2) is 45.1 Å². The average Bonchev–Trinajstić information content (AvgIpc) is 3.26. The number of likely N-dealkylation sites (tertiary alicyclic amines) is 1. The molecule has 0 saturated carbocycles. The normalized spacial score (nSPS) is 24.1. The van der Waals surface area contributed by atoms with Crippen molar-refractivity contribution in [2.45, 2.75) is 31.3 Å². The number of furan rings is 1. The molecule has 0 spiro atoms. The molecule has 2 aromatic heterocycles. The van der Waals surface area contributed by atoms with Crippen molar-refractivity contribution in [2.75, 3.05) is 11.4 Å². The molecule has 0 unspecified atom stereocenters. The van der Waals surface area contributed by atoms with Crippen molar-refractivity contribution in [3.63, 3.8) is 0 Å². The minimum absolute atomic E-state index is 0.0215. The fraction of sp³-hybridized carbons (Fsp3) is 0.438. The van der Waals surface area contributed by atoms with E-state index in [0.717, 1.165) is 12.1 Å². The average molecular weight is 314 g/mol. The van der Waals surface area contributed by atoms with E-state index >= 15 is 0 Å². The number of amides is 2. The maximum Gasteiger partial charge on any atom is 0.257 e. The quantitative estimate of drug-likeness (QED) is 0.840. The minimum atomic E-state index is -0.0215. The lowest BCUT2D eigenvalue weighted by Crippen LogP contribution is -2.53. The largest absolute Gasteiger partial charge is 0.472 e. The molecule has 0 aromatic carbocycles. The van der Waals surface area contributed by atoms with Crippen LogP contribution in [0.1, 0.15) is 29.6 Å². The van der Waals surface area contributed by atoms with Crippen molar-refractivity contribution in [3.8, 4) is 0 Å². The van der Waals surface area contributed by atoms with Gasteiger partial charge in [-0.2, -0.15) is 5.10 Å². The highest BCUT2D eigenvalue weighted by atomic mass is 16.3. The van der Waals surface area contributed by atoms with E-state index < -0.39 is 0 Å². The topological polar surface area (TPSA) is 71.6 Å². The molecule has 2 aromatic rings. The molecule has 120 valence electrons. The van der Waals surface area contributed by atoms with Crippen molar-refractivity contribution in [3.05, 3.63) is 36.5 Å². The Bertz CT molecular complexity index is 736. The number of hydrogen-bond acceptors (Lipinski definition) is 4. The number of rotatable bonds is 2. The van der Waals surface area contributed by atoms with Crippen LogP contribution in [-0.2, 0) is 11.8 Å². The van der Waals surface area contributed by atoms with Gasteiger partial charge in [0.15, 0.2) is 0 Å². The summed E-state index contributed by atoms with van der Waals surface area (Å²) in [5.41, 5.74) is 1.38. The Morgan fingerprint density at radius 2 is 2.22 bits per heavy atom. The molecule has 2 amide bonds. The molecule has 23 heavy (non-hydrogen) atoms. The molecule has 2 fully saturated rings. The third kappa shape index (κ3) is 2.23. The highest BCUT2D eigenvalue weighted by Gasteiger charge is 2.45. The van der Waals surface area contributed by atoms with E-state index in [1.165, 1.54) is 12.5 Å². The lowest BCUT2D eigenvalue weighted by atomic mass is 9.95. The van der Waals surface area contributed by atoms with Gasteiger partial charge in [0.05, 0.1) is 35.8 Å². The highest BCUT2D eigenvalue weighted by Crippen LogP contribution is 2.35. The molecular weight excluding hydrogens is 296 g/mol. The van der Waals surface area contributed by atoms with Crippen LogP contribution in [0.25, 0.3) is 0 Å². The fourth-order valence-corrected chi connectivity index (χ4v) is 3.74. The van der Waals surface area contributed by atoms with E-state index in [-0.39, 0.29) is 23.9 Å². The van der Waals surface area contributed by atoms with Gasteiger partial charge >= 0.3 is 0 Å². The van der Waals surface area contributed by atoms with Crippen molar-refractivity contribution in [1.29, 1.82) is 0 Å². The number of hydrogen-bond donors (Lipinski definition) is 0. The van der Waals surface area contributed by atoms with Gasteiger partial charge in [0.2, 0.25) is 5.91 Å². The second-order valence-electron chi connectivity index (χ2n) is 6.11. The van der Waals surface area contributed by atoms with Gasteiger partial charge in [-0.3, -0.25) is 14.3 Å². The van der Waals surface area contributed by atoms with Crippen LogP contribution in [0, 0.1) is 0 Å². The maximum atomic E-state index is 12.6. The molecule has 4 rings (SSSR count).